The van der Waals surface area contributed by atoms with E-state index < -0.39 is 5.97 Å². The number of aromatic carboxylic acids is 1. The monoisotopic (exact) mass is 156 g/mol. The molecule has 6 heteroatoms. The van der Waals surface area contributed by atoms with Crippen LogP contribution in [0.4, 0.5) is 5.82 Å². The van der Waals surface area contributed by atoms with Crippen molar-refractivity contribution in [3.8, 4) is 0 Å². The number of carboxylic acid groups (broad SMARTS) is 1. The molecule has 3 N–H and O–H groups in total. The van der Waals surface area contributed by atoms with Gasteiger partial charge in [0.15, 0.2) is 5.82 Å². The van der Waals surface area contributed by atoms with Gasteiger partial charge in [-0.05, 0) is 6.92 Å². The predicted octanol–water partition coefficient (Wildman–Crippen LogP) is -0.422. The van der Waals surface area contributed by atoms with Crippen LogP contribution in [0.15, 0.2) is 0 Å². The van der Waals surface area contributed by atoms with Crippen molar-refractivity contribution < 1.29 is 9.90 Å². The molecule has 1 aromatic rings. The smallest absolute Gasteiger partial charge is 0.360 e. The number of anilines is 1. The lowest BCUT2D eigenvalue weighted by molar-refractivity contribution is 0.0691. The summed E-state index contributed by atoms with van der Waals surface area (Å²) in [4.78, 5) is 10.4. The van der Waals surface area contributed by atoms with E-state index in [1.54, 1.807) is 6.92 Å². The van der Waals surface area contributed by atoms with Crippen molar-refractivity contribution in [2.45, 2.75) is 13.5 Å². The maximum absolute atomic E-state index is 10.4. The third-order valence-electron chi connectivity index (χ3n) is 1.28. The van der Waals surface area contributed by atoms with Gasteiger partial charge in [0, 0.05) is 6.54 Å². The maximum atomic E-state index is 10.4. The summed E-state index contributed by atoms with van der Waals surface area (Å²) in [6.07, 6.45) is 0. The van der Waals surface area contributed by atoms with Gasteiger partial charge in [0.05, 0.1) is 0 Å². The fourth-order valence-corrected chi connectivity index (χ4v) is 0.706. The van der Waals surface area contributed by atoms with Crippen molar-refractivity contribution in [1.29, 1.82) is 0 Å². The fourth-order valence-electron chi connectivity index (χ4n) is 0.706. The molecular weight excluding hydrogens is 148 g/mol. The summed E-state index contributed by atoms with van der Waals surface area (Å²) in [5.74, 6) is -1.05. The van der Waals surface area contributed by atoms with Crippen LogP contribution in [0.5, 0.6) is 0 Å². The Morgan fingerprint density at radius 2 is 2.45 bits per heavy atom. The van der Waals surface area contributed by atoms with Crippen molar-refractivity contribution in [3.05, 3.63) is 5.69 Å². The van der Waals surface area contributed by atoms with Gasteiger partial charge in [0.25, 0.3) is 0 Å². The van der Waals surface area contributed by atoms with Crippen LogP contribution >= 0.6 is 0 Å². The van der Waals surface area contributed by atoms with E-state index >= 15 is 0 Å². The van der Waals surface area contributed by atoms with Crippen LogP contribution in [-0.4, -0.2) is 26.1 Å². The minimum atomic E-state index is -1.15. The average Bonchev–Trinajstić information content (AvgIpc) is 2.30. The standard InChI is InChI=1S/C5H8N4O2/c1-2-9-4(6)3(5(10)11)7-8-9/h2,6H2,1H3,(H,10,11). The Morgan fingerprint density at radius 3 is 2.73 bits per heavy atom. The Hall–Kier alpha value is -1.59. The minimum Gasteiger partial charge on any atom is -0.476 e. The molecule has 6 nitrogen and oxygen atoms in total. The highest BCUT2D eigenvalue weighted by molar-refractivity contribution is 5.90. The van der Waals surface area contributed by atoms with E-state index in [4.69, 9.17) is 10.8 Å². The first-order valence-electron chi connectivity index (χ1n) is 3.09. The van der Waals surface area contributed by atoms with Gasteiger partial charge in [-0.15, -0.1) is 5.10 Å². The molecule has 0 fully saturated rings. The highest BCUT2D eigenvalue weighted by atomic mass is 16.4. The summed E-state index contributed by atoms with van der Waals surface area (Å²) in [6, 6.07) is 0. The number of carbonyl (C=O) groups is 1. The molecule has 0 amide bonds. The van der Waals surface area contributed by atoms with Crippen LogP contribution in [0.25, 0.3) is 0 Å². The Kier molecular flexibility index (Phi) is 1.75. The number of aryl methyl sites for hydroxylation is 1. The molecule has 0 saturated heterocycles. The Labute approximate surface area is 62.6 Å². The fraction of sp³-hybridized carbons (Fsp3) is 0.400. The lowest BCUT2D eigenvalue weighted by Gasteiger charge is -1.94. The zero-order valence-electron chi connectivity index (χ0n) is 5.98. The quantitative estimate of drug-likeness (QED) is 0.606. The van der Waals surface area contributed by atoms with Gasteiger partial charge in [-0.2, -0.15) is 0 Å². The molecule has 0 aromatic carbocycles. The van der Waals surface area contributed by atoms with E-state index in [1.807, 2.05) is 0 Å². The van der Waals surface area contributed by atoms with Crippen LogP contribution < -0.4 is 5.73 Å². The third kappa shape index (κ3) is 1.14. The lowest BCUT2D eigenvalue weighted by atomic mass is 10.4. The molecule has 0 saturated carbocycles. The topological polar surface area (TPSA) is 94.0 Å². The van der Waals surface area contributed by atoms with Gasteiger partial charge >= 0.3 is 5.97 Å². The number of rotatable bonds is 2. The molecule has 0 aliphatic heterocycles. The highest BCUT2D eigenvalue weighted by Gasteiger charge is 2.14. The van der Waals surface area contributed by atoms with Crippen molar-refractivity contribution in [1.82, 2.24) is 15.0 Å². The van der Waals surface area contributed by atoms with Crippen molar-refractivity contribution in [2.75, 3.05) is 5.73 Å². The maximum Gasteiger partial charge on any atom is 0.360 e. The molecule has 0 atom stereocenters. The number of hydrogen-bond donors (Lipinski definition) is 2. The normalized spacial score (nSPS) is 9.91. The van der Waals surface area contributed by atoms with Crippen LogP contribution in [0.2, 0.25) is 0 Å². The number of nitrogen functional groups attached to an aromatic ring is 1. The van der Waals surface area contributed by atoms with E-state index in [0.29, 0.717) is 6.54 Å². The molecule has 1 aromatic heterocycles. The molecule has 0 spiro atoms. The summed E-state index contributed by atoms with van der Waals surface area (Å²) < 4.78 is 1.32. The molecule has 0 unspecified atom stereocenters. The molecule has 0 radical (unpaired) electrons. The Balaban J connectivity index is 3.10. The third-order valence-corrected chi connectivity index (χ3v) is 1.28. The molecule has 0 bridgehead atoms. The van der Waals surface area contributed by atoms with Gasteiger partial charge in [-0.1, -0.05) is 5.21 Å². The van der Waals surface area contributed by atoms with E-state index in [9.17, 15) is 4.79 Å². The molecule has 60 valence electrons. The van der Waals surface area contributed by atoms with Crippen LogP contribution in [-0.2, 0) is 6.54 Å². The largest absolute Gasteiger partial charge is 0.476 e. The lowest BCUT2D eigenvalue weighted by Crippen LogP contribution is -2.05. The highest BCUT2D eigenvalue weighted by Crippen LogP contribution is 2.05. The summed E-state index contributed by atoms with van der Waals surface area (Å²) >= 11 is 0. The molecule has 11 heavy (non-hydrogen) atoms. The van der Waals surface area contributed by atoms with Crippen molar-refractivity contribution >= 4 is 11.8 Å². The van der Waals surface area contributed by atoms with Gasteiger partial charge in [-0.3, -0.25) is 0 Å². The summed E-state index contributed by atoms with van der Waals surface area (Å²) in [5, 5.41) is 15.4. The molecule has 1 heterocycles. The van der Waals surface area contributed by atoms with Crippen LogP contribution in [0.3, 0.4) is 0 Å². The van der Waals surface area contributed by atoms with E-state index in [0.717, 1.165) is 0 Å². The Morgan fingerprint density at radius 1 is 1.82 bits per heavy atom. The summed E-state index contributed by atoms with van der Waals surface area (Å²) in [5.41, 5.74) is 5.18. The first kappa shape index (κ1) is 7.52. The van der Waals surface area contributed by atoms with Gasteiger partial charge in [0.1, 0.15) is 0 Å². The van der Waals surface area contributed by atoms with Crippen LogP contribution in [0, 0.1) is 0 Å². The number of aromatic nitrogens is 3. The summed E-state index contributed by atoms with van der Waals surface area (Å²) in [7, 11) is 0. The van der Waals surface area contributed by atoms with E-state index in [-0.39, 0.29) is 11.5 Å². The SMILES string of the molecule is CCn1nnc(C(=O)O)c1N. The van der Waals surface area contributed by atoms with Gasteiger partial charge in [0.2, 0.25) is 5.69 Å². The van der Waals surface area contributed by atoms with Gasteiger partial charge < -0.3 is 10.8 Å². The first-order valence-corrected chi connectivity index (χ1v) is 3.09. The second kappa shape index (κ2) is 2.57. The van der Waals surface area contributed by atoms with Crippen LogP contribution in [0.1, 0.15) is 17.4 Å². The number of nitrogens with zero attached hydrogens (tertiary/aromatic N) is 3. The molecule has 0 aliphatic rings. The number of nitrogens with two attached hydrogens (primary N) is 1. The Bertz CT molecular complexity index is 280. The predicted molar refractivity (Wildman–Crippen MR) is 37.1 cm³/mol. The van der Waals surface area contributed by atoms with Gasteiger partial charge in [-0.25, -0.2) is 9.48 Å². The van der Waals surface area contributed by atoms with Crippen molar-refractivity contribution in [3.63, 3.8) is 0 Å². The zero-order valence-corrected chi connectivity index (χ0v) is 5.98. The van der Waals surface area contributed by atoms with E-state index in [2.05, 4.69) is 10.3 Å². The number of hydrogen-bond acceptors (Lipinski definition) is 4. The first-order chi connectivity index (χ1) is 5.16. The average molecular weight is 156 g/mol. The second-order valence-corrected chi connectivity index (χ2v) is 1.94. The molecular formula is C5H8N4O2. The molecule has 1 rings (SSSR count). The zero-order chi connectivity index (χ0) is 8.43. The van der Waals surface area contributed by atoms with Crippen molar-refractivity contribution in [2.24, 2.45) is 0 Å². The summed E-state index contributed by atoms with van der Waals surface area (Å²) in [6.45, 7) is 2.32. The minimum absolute atomic E-state index is 0.0972. The van der Waals surface area contributed by atoms with E-state index in [1.165, 1.54) is 4.68 Å². The number of carboxylic acids is 1. The molecule has 0 aliphatic carbocycles. The second-order valence-electron chi connectivity index (χ2n) is 1.94.